The molecule has 0 atom stereocenters. The fourth-order valence-electron chi connectivity index (χ4n) is 1.35. The Morgan fingerprint density at radius 3 is 2.41 bits per heavy atom. The lowest BCUT2D eigenvalue weighted by atomic mass is 10.2. The van der Waals surface area contributed by atoms with Crippen LogP contribution < -0.4 is 5.73 Å². The minimum atomic E-state index is -3.38. The first kappa shape index (κ1) is 14.5. The molecule has 1 aromatic heterocycles. The lowest BCUT2D eigenvalue weighted by molar-refractivity contribution is 0.0992. The van der Waals surface area contributed by atoms with E-state index in [9.17, 15) is 13.2 Å². The largest absolute Gasteiger partial charge is 0.396 e. The van der Waals surface area contributed by atoms with Crippen molar-refractivity contribution in [1.29, 1.82) is 0 Å². The van der Waals surface area contributed by atoms with Gasteiger partial charge < -0.3 is 5.73 Å². The Morgan fingerprint density at radius 1 is 1.41 bits per heavy atom. The summed E-state index contributed by atoms with van der Waals surface area (Å²) in [6.45, 7) is 3.30. The Labute approximate surface area is 110 Å². The highest BCUT2D eigenvalue weighted by Gasteiger charge is 2.27. The van der Waals surface area contributed by atoms with Gasteiger partial charge in [-0.05, 0) is 6.26 Å². The maximum atomic E-state index is 11.9. The predicted octanol–water partition coefficient (Wildman–Crippen LogP) is 2.44. The Morgan fingerprint density at radius 2 is 2.00 bits per heavy atom. The van der Waals surface area contributed by atoms with Crippen LogP contribution in [0.25, 0.3) is 0 Å². The lowest BCUT2D eigenvalue weighted by Gasteiger charge is -2.03. The number of hydrogen-bond acceptors (Lipinski definition) is 6. The van der Waals surface area contributed by atoms with Crippen LogP contribution in [-0.4, -0.2) is 26.2 Å². The molecule has 0 radical (unpaired) electrons. The first-order chi connectivity index (χ1) is 7.88. The maximum Gasteiger partial charge on any atom is 0.182 e. The second-order valence-corrected chi connectivity index (χ2v) is 7.66. The van der Waals surface area contributed by atoms with Gasteiger partial charge in [-0.1, -0.05) is 13.8 Å². The third-order valence-corrected chi connectivity index (χ3v) is 6.75. The van der Waals surface area contributed by atoms with E-state index in [0.717, 1.165) is 0 Å². The number of sulfone groups is 1. The molecular formula is C10H15NO3S3. The molecule has 96 valence electrons. The minimum Gasteiger partial charge on any atom is -0.396 e. The topological polar surface area (TPSA) is 77.2 Å². The molecule has 0 bridgehead atoms. The first-order valence-corrected chi connectivity index (χ1v) is 8.80. The molecule has 0 aliphatic heterocycles. The van der Waals surface area contributed by atoms with Crippen molar-refractivity contribution in [2.45, 2.75) is 29.4 Å². The molecule has 1 heterocycles. The van der Waals surface area contributed by atoms with Crippen molar-refractivity contribution < 1.29 is 13.2 Å². The molecule has 0 aliphatic carbocycles. The smallest absolute Gasteiger partial charge is 0.182 e. The zero-order valence-electron chi connectivity index (χ0n) is 9.94. The van der Waals surface area contributed by atoms with Crippen LogP contribution in [0.3, 0.4) is 0 Å². The van der Waals surface area contributed by atoms with Crippen molar-refractivity contribution in [3.8, 4) is 0 Å². The molecule has 1 rings (SSSR count). The average Bonchev–Trinajstić information content (AvgIpc) is 2.65. The Balaban J connectivity index is 3.51. The predicted molar refractivity (Wildman–Crippen MR) is 72.9 cm³/mol. The number of carbonyl (C=O) groups is 1. The van der Waals surface area contributed by atoms with Gasteiger partial charge in [-0.2, -0.15) is 0 Å². The molecule has 0 aromatic carbocycles. The van der Waals surface area contributed by atoms with E-state index in [0.29, 0.717) is 15.5 Å². The summed E-state index contributed by atoms with van der Waals surface area (Å²) in [5, 5.41) is 0. The van der Waals surface area contributed by atoms with Gasteiger partial charge in [0.15, 0.2) is 15.6 Å². The summed E-state index contributed by atoms with van der Waals surface area (Å²) >= 11 is 2.48. The van der Waals surface area contributed by atoms with Crippen molar-refractivity contribution in [1.82, 2.24) is 0 Å². The SMILES string of the molecule is CCC(=O)c1sc(SC)c(S(=O)(=O)CC)c1N. The number of nitrogens with two attached hydrogens (primary N) is 1. The van der Waals surface area contributed by atoms with Gasteiger partial charge in [-0.15, -0.1) is 23.1 Å². The molecule has 0 unspecified atom stereocenters. The van der Waals surface area contributed by atoms with Gasteiger partial charge in [0, 0.05) is 6.42 Å². The van der Waals surface area contributed by atoms with Crippen LogP contribution >= 0.6 is 23.1 Å². The minimum absolute atomic E-state index is 0.0126. The fraction of sp³-hybridized carbons (Fsp3) is 0.500. The number of hydrogen-bond donors (Lipinski definition) is 1. The quantitative estimate of drug-likeness (QED) is 0.666. The fourth-order valence-corrected chi connectivity index (χ4v) is 5.27. The van der Waals surface area contributed by atoms with Crippen LogP contribution in [0.4, 0.5) is 5.69 Å². The van der Waals surface area contributed by atoms with E-state index < -0.39 is 9.84 Å². The number of ketones is 1. The van der Waals surface area contributed by atoms with Crippen molar-refractivity contribution in [2.75, 3.05) is 17.7 Å². The Hall–Kier alpha value is -0.530. The van der Waals surface area contributed by atoms with Gasteiger partial charge in [0.1, 0.15) is 4.90 Å². The van der Waals surface area contributed by atoms with Crippen LogP contribution in [-0.2, 0) is 9.84 Å². The third kappa shape index (κ3) is 2.66. The number of anilines is 1. The van der Waals surface area contributed by atoms with Gasteiger partial charge in [-0.3, -0.25) is 4.79 Å². The molecule has 17 heavy (non-hydrogen) atoms. The van der Waals surface area contributed by atoms with E-state index in [1.165, 1.54) is 23.1 Å². The molecule has 4 nitrogen and oxygen atoms in total. The van der Waals surface area contributed by atoms with Crippen LogP contribution in [0.2, 0.25) is 0 Å². The van der Waals surface area contributed by atoms with Crippen LogP contribution in [0, 0.1) is 0 Å². The van der Waals surface area contributed by atoms with E-state index in [1.54, 1.807) is 20.1 Å². The van der Waals surface area contributed by atoms with Crippen molar-refractivity contribution >= 4 is 44.4 Å². The Bertz CT molecular complexity index is 531. The molecule has 1 aromatic rings. The molecular weight excluding hydrogens is 278 g/mol. The zero-order valence-corrected chi connectivity index (χ0v) is 12.4. The summed E-state index contributed by atoms with van der Waals surface area (Å²) in [7, 11) is -3.38. The number of rotatable bonds is 5. The lowest BCUT2D eigenvalue weighted by Crippen LogP contribution is -2.08. The van der Waals surface area contributed by atoms with Gasteiger partial charge in [-0.25, -0.2) is 8.42 Å². The van der Waals surface area contributed by atoms with E-state index in [1.807, 2.05) is 0 Å². The van der Waals surface area contributed by atoms with Crippen molar-refractivity contribution in [3.63, 3.8) is 0 Å². The van der Waals surface area contributed by atoms with E-state index in [-0.39, 0.29) is 22.1 Å². The standard InChI is InChI=1S/C10H15NO3S3/c1-4-6(12)8-7(11)9(10(15-3)16-8)17(13,14)5-2/h4-5,11H2,1-3H3. The molecule has 0 saturated carbocycles. The van der Waals surface area contributed by atoms with E-state index in [4.69, 9.17) is 5.73 Å². The van der Waals surface area contributed by atoms with Gasteiger partial charge in [0.25, 0.3) is 0 Å². The molecule has 0 aliphatic rings. The van der Waals surface area contributed by atoms with Gasteiger partial charge >= 0.3 is 0 Å². The van der Waals surface area contributed by atoms with Gasteiger partial charge in [0.2, 0.25) is 0 Å². The molecule has 0 spiro atoms. The summed E-state index contributed by atoms with van der Waals surface area (Å²) in [5.74, 6) is -0.123. The van der Waals surface area contributed by atoms with Crippen LogP contribution in [0.15, 0.2) is 9.10 Å². The number of nitrogen functional groups attached to an aromatic ring is 1. The summed E-state index contributed by atoms with van der Waals surface area (Å²) in [4.78, 5) is 12.2. The summed E-state index contributed by atoms with van der Waals surface area (Å²) in [6.07, 6.45) is 2.10. The molecule has 0 saturated heterocycles. The first-order valence-electron chi connectivity index (χ1n) is 5.11. The molecule has 7 heteroatoms. The molecule has 2 N–H and O–H groups in total. The van der Waals surface area contributed by atoms with E-state index >= 15 is 0 Å². The van der Waals surface area contributed by atoms with Crippen LogP contribution in [0.1, 0.15) is 29.9 Å². The second kappa shape index (κ2) is 5.41. The number of thiophene rings is 1. The number of thioether (sulfide) groups is 1. The summed E-state index contributed by atoms with van der Waals surface area (Å²) in [5.41, 5.74) is 5.93. The van der Waals surface area contributed by atoms with Crippen molar-refractivity contribution in [3.05, 3.63) is 4.88 Å². The highest BCUT2D eigenvalue weighted by molar-refractivity contribution is 8.01. The normalized spacial score (nSPS) is 11.7. The van der Waals surface area contributed by atoms with Gasteiger partial charge in [0.05, 0.1) is 20.5 Å². The maximum absolute atomic E-state index is 11.9. The average molecular weight is 293 g/mol. The number of Topliss-reactive ketones (excluding diaryl/α,β-unsaturated/α-hetero) is 1. The summed E-state index contributed by atoms with van der Waals surface area (Å²) in [6, 6.07) is 0. The third-order valence-electron chi connectivity index (χ3n) is 2.32. The second-order valence-electron chi connectivity index (χ2n) is 3.35. The highest BCUT2D eigenvalue weighted by Crippen LogP contribution is 2.41. The zero-order chi connectivity index (χ0) is 13.2. The van der Waals surface area contributed by atoms with Crippen molar-refractivity contribution in [2.24, 2.45) is 0 Å². The van der Waals surface area contributed by atoms with Crippen LogP contribution in [0.5, 0.6) is 0 Å². The highest BCUT2D eigenvalue weighted by atomic mass is 32.2. The molecule has 0 fully saturated rings. The monoisotopic (exact) mass is 293 g/mol. The Kier molecular flexibility index (Phi) is 4.62. The molecule has 0 amide bonds. The number of carbonyl (C=O) groups excluding carboxylic acids is 1. The summed E-state index contributed by atoms with van der Waals surface area (Å²) < 4.78 is 24.5. The van der Waals surface area contributed by atoms with E-state index in [2.05, 4.69) is 0 Å².